The summed E-state index contributed by atoms with van der Waals surface area (Å²) >= 11 is 0. The van der Waals surface area contributed by atoms with Gasteiger partial charge in [0.05, 0.1) is 13.3 Å². The van der Waals surface area contributed by atoms with E-state index >= 15 is 0 Å². The summed E-state index contributed by atoms with van der Waals surface area (Å²) in [6.07, 6.45) is -6.67. The molecule has 16 heteroatoms. The summed E-state index contributed by atoms with van der Waals surface area (Å²) in [5.74, 6) is -4.30. The number of esters is 1. The number of likely N-dealkylation sites (N-methyl/N-ethyl adjacent to an activating group) is 1. The maximum absolute atomic E-state index is 12.7. The third kappa shape index (κ3) is 10.2. The van der Waals surface area contributed by atoms with E-state index in [2.05, 4.69) is 20.5 Å². The predicted molar refractivity (Wildman–Crippen MR) is 109 cm³/mol. The van der Waals surface area contributed by atoms with Crippen LogP contribution in [0.25, 0.3) is 0 Å². The minimum atomic E-state index is -5.08. The Balaban J connectivity index is 0.000000809. The number of aliphatic carboxylic acids is 1. The molecule has 10 nitrogen and oxygen atoms in total. The number of nitrogens with one attached hydrogen (secondary N) is 2. The first-order valence-corrected chi connectivity index (χ1v) is 9.76. The van der Waals surface area contributed by atoms with E-state index in [1.165, 1.54) is 30.1 Å². The average Bonchev–Trinajstić information content (AvgIpc) is 3.19. The summed E-state index contributed by atoms with van der Waals surface area (Å²) in [6.45, 7) is 0. The molecule has 0 aliphatic heterocycles. The molecule has 0 bridgehead atoms. The number of methoxy groups -OCH3 is 1. The van der Waals surface area contributed by atoms with Gasteiger partial charge >= 0.3 is 24.5 Å². The fourth-order valence-corrected chi connectivity index (χ4v) is 2.69. The summed E-state index contributed by atoms with van der Waals surface area (Å²) in [4.78, 5) is 33.7. The lowest BCUT2D eigenvalue weighted by Gasteiger charge is -2.20. The highest BCUT2D eigenvalue weighted by Gasteiger charge is 2.38. The first kappa shape index (κ1) is 30.2. The van der Waals surface area contributed by atoms with Crippen LogP contribution in [0.15, 0.2) is 36.7 Å². The Bertz CT molecular complexity index is 1020. The van der Waals surface area contributed by atoms with Crippen molar-refractivity contribution in [2.45, 2.75) is 31.0 Å². The molecule has 36 heavy (non-hydrogen) atoms. The molecule has 2 aromatic rings. The van der Waals surface area contributed by atoms with E-state index in [1.54, 1.807) is 20.3 Å². The smallest absolute Gasteiger partial charge is 0.475 e. The van der Waals surface area contributed by atoms with Crippen molar-refractivity contribution in [2.75, 3.05) is 14.2 Å². The van der Waals surface area contributed by atoms with Gasteiger partial charge < -0.3 is 25.2 Å². The average molecular weight is 528 g/mol. The van der Waals surface area contributed by atoms with Crippen molar-refractivity contribution in [3.63, 3.8) is 0 Å². The number of hydrogen-bond donors (Lipinski definition) is 3. The number of carbonyl (C=O) groups excluding carboxylic acids is 2. The fourth-order valence-electron chi connectivity index (χ4n) is 2.69. The molecule has 2 atom stereocenters. The second-order valence-corrected chi connectivity index (χ2v) is 6.95. The Morgan fingerprint density at radius 2 is 1.67 bits per heavy atom. The zero-order valence-corrected chi connectivity index (χ0v) is 19.0. The Kier molecular flexibility index (Phi) is 10.7. The summed E-state index contributed by atoms with van der Waals surface area (Å²) in [5, 5.41) is 16.6. The van der Waals surface area contributed by atoms with Crippen LogP contribution >= 0.6 is 0 Å². The van der Waals surface area contributed by atoms with E-state index in [4.69, 9.17) is 14.6 Å². The number of amides is 1. The molecule has 0 radical (unpaired) electrons. The minimum Gasteiger partial charge on any atom is -0.475 e. The Morgan fingerprint density at radius 1 is 1.11 bits per heavy atom. The van der Waals surface area contributed by atoms with Gasteiger partial charge in [0, 0.05) is 25.2 Å². The number of rotatable bonds is 8. The molecule has 0 saturated carbocycles. The van der Waals surface area contributed by atoms with Crippen LogP contribution in [-0.4, -0.2) is 65.5 Å². The third-order valence-corrected chi connectivity index (χ3v) is 4.25. The van der Waals surface area contributed by atoms with Gasteiger partial charge in [-0.15, -0.1) is 13.2 Å². The SMILES string of the molecule is CNC(C(=O)NC(Cc1ccc(OC(F)(F)F)cc1)C(=O)OC)c1cnn(C)c1.O=C(O)C(F)(F)F. The maximum Gasteiger partial charge on any atom is 0.573 e. The summed E-state index contributed by atoms with van der Waals surface area (Å²) in [7, 11) is 4.47. The van der Waals surface area contributed by atoms with Crippen LogP contribution in [0.2, 0.25) is 0 Å². The molecular formula is C20H22F6N4O6. The summed E-state index contributed by atoms with van der Waals surface area (Å²) < 4.78 is 78.6. The fraction of sp³-hybridized carbons (Fsp3) is 0.400. The maximum atomic E-state index is 12.7. The minimum absolute atomic E-state index is 0.0220. The highest BCUT2D eigenvalue weighted by atomic mass is 19.4. The van der Waals surface area contributed by atoms with Crippen molar-refractivity contribution in [1.82, 2.24) is 20.4 Å². The van der Waals surface area contributed by atoms with Crippen molar-refractivity contribution < 1.29 is 55.3 Å². The van der Waals surface area contributed by atoms with Gasteiger partial charge in [0.1, 0.15) is 17.8 Å². The zero-order chi connectivity index (χ0) is 27.7. The number of hydrogen-bond acceptors (Lipinski definition) is 7. The van der Waals surface area contributed by atoms with E-state index in [0.29, 0.717) is 11.1 Å². The van der Waals surface area contributed by atoms with Crippen molar-refractivity contribution in [1.29, 1.82) is 0 Å². The number of benzene rings is 1. The number of carboxylic acid groups (broad SMARTS) is 1. The molecule has 0 aliphatic rings. The number of carbonyl (C=O) groups is 3. The number of aromatic nitrogens is 2. The van der Waals surface area contributed by atoms with Crippen LogP contribution in [0, 0.1) is 0 Å². The number of carboxylic acids is 1. The normalized spacial score (nSPS) is 13.0. The second kappa shape index (κ2) is 12.8. The first-order chi connectivity index (χ1) is 16.6. The molecule has 0 fully saturated rings. The Hall–Kier alpha value is -3.82. The van der Waals surface area contributed by atoms with E-state index in [9.17, 15) is 35.9 Å². The van der Waals surface area contributed by atoms with Gasteiger partial charge in [-0.3, -0.25) is 9.48 Å². The van der Waals surface area contributed by atoms with E-state index in [1.807, 2.05) is 0 Å². The van der Waals surface area contributed by atoms with Crippen LogP contribution in [0.1, 0.15) is 17.2 Å². The third-order valence-electron chi connectivity index (χ3n) is 4.25. The lowest BCUT2D eigenvalue weighted by atomic mass is 10.0. The molecule has 0 saturated heterocycles. The van der Waals surface area contributed by atoms with Crippen LogP contribution < -0.4 is 15.4 Å². The zero-order valence-electron chi connectivity index (χ0n) is 19.0. The standard InChI is InChI=1S/C18H21F3N4O4.C2HF3O2/c1-22-15(12-9-23-25(2)10-12)16(26)24-14(17(27)28-3)8-11-4-6-13(7-5-11)29-18(19,20)21;3-2(4,5)1(6)7/h4-7,9-10,14-15,22H,8H2,1-3H3,(H,24,26);(H,6,7). The molecule has 200 valence electrons. The highest BCUT2D eigenvalue weighted by molar-refractivity contribution is 5.88. The largest absolute Gasteiger partial charge is 0.573 e. The molecule has 1 heterocycles. The summed E-state index contributed by atoms with van der Waals surface area (Å²) in [5.41, 5.74) is 1.11. The van der Waals surface area contributed by atoms with Crippen LogP contribution in [0.3, 0.4) is 0 Å². The number of ether oxygens (including phenoxy) is 2. The molecular weight excluding hydrogens is 506 g/mol. The van der Waals surface area contributed by atoms with Crippen molar-refractivity contribution in [3.05, 3.63) is 47.8 Å². The van der Waals surface area contributed by atoms with Gasteiger partial charge in [-0.05, 0) is 24.7 Å². The van der Waals surface area contributed by atoms with Crippen molar-refractivity contribution >= 4 is 17.8 Å². The molecule has 1 aromatic heterocycles. The van der Waals surface area contributed by atoms with Crippen molar-refractivity contribution in [3.8, 4) is 5.75 Å². The van der Waals surface area contributed by atoms with Gasteiger partial charge in [0.2, 0.25) is 5.91 Å². The molecule has 3 N–H and O–H groups in total. The molecule has 1 amide bonds. The van der Waals surface area contributed by atoms with Gasteiger partial charge in [0.25, 0.3) is 0 Å². The number of halogens is 6. The first-order valence-electron chi connectivity index (χ1n) is 9.76. The molecule has 0 aliphatic carbocycles. The van der Waals surface area contributed by atoms with Gasteiger partial charge in [0.15, 0.2) is 0 Å². The van der Waals surface area contributed by atoms with Gasteiger partial charge in [-0.2, -0.15) is 18.3 Å². The second-order valence-electron chi connectivity index (χ2n) is 6.95. The van der Waals surface area contributed by atoms with E-state index in [-0.39, 0.29) is 12.2 Å². The van der Waals surface area contributed by atoms with Crippen LogP contribution in [0.5, 0.6) is 5.75 Å². The Labute approximate surface area is 200 Å². The molecule has 1 aromatic carbocycles. The monoisotopic (exact) mass is 528 g/mol. The highest BCUT2D eigenvalue weighted by Crippen LogP contribution is 2.23. The van der Waals surface area contributed by atoms with Crippen LogP contribution in [-0.2, 0) is 32.6 Å². The van der Waals surface area contributed by atoms with Crippen LogP contribution in [0.4, 0.5) is 26.3 Å². The molecule has 0 spiro atoms. The molecule has 2 rings (SSSR count). The number of aryl methyl sites for hydroxylation is 1. The summed E-state index contributed by atoms with van der Waals surface area (Å²) in [6, 6.07) is 3.23. The van der Waals surface area contributed by atoms with E-state index in [0.717, 1.165) is 12.1 Å². The topological polar surface area (TPSA) is 132 Å². The lowest BCUT2D eigenvalue weighted by molar-refractivity contribution is -0.274. The van der Waals surface area contributed by atoms with E-state index < -0.39 is 42.5 Å². The lowest BCUT2D eigenvalue weighted by Crippen LogP contribution is -2.47. The Morgan fingerprint density at radius 3 is 2.06 bits per heavy atom. The number of nitrogens with zero attached hydrogens (tertiary/aromatic N) is 2. The van der Waals surface area contributed by atoms with Gasteiger partial charge in [-0.25, -0.2) is 9.59 Å². The number of alkyl halides is 6. The van der Waals surface area contributed by atoms with Crippen molar-refractivity contribution in [2.24, 2.45) is 7.05 Å². The quantitative estimate of drug-likeness (QED) is 0.351. The predicted octanol–water partition coefficient (Wildman–Crippen LogP) is 2.11. The van der Waals surface area contributed by atoms with Gasteiger partial charge in [-0.1, -0.05) is 12.1 Å². The molecule has 2 unspecified atom stereocenters.